The average molecular weight is 543 g/mol. The van der Waals surface area contributed by atoms with E-state index >= 15 is 0 Å². The smallest absolute Gasteiger partial charge is 0.326 e. The van der Waals surface area contributed by atoms with Gasteiger partial charge in [-0.15, -0.1) is 0 Å². The quantitative estimate of drug-likeness (QED) is 0.210. The normalized spacial score (nSPS) is 17.5. The van der Waals surface area contributed by atoms with Crippen LogP contribution >= 0.6 is 0 Å². The molecule has 3 rings (SSSR count). The highest BCUT2D eigenvalue weighted by molar-refractivity contribution is 5.95. The first kappa shape index (κ1) is 29.6. The van der Waals surface area contributed by atoms with Gasteiger partial charge in [-0.05, 0) is 43.2 Å². The molecule has 1 aromatic carbocycles. The number of aliphatic carboxylic acids is 1. The van der Waals surface area contributed by atoms with Gasteiger partial charge in [-0.25, -0.2) is 4.79 Å². The molecule has 4 atom stereocenters. The number of carbonyl (C=O) groups excluding carboxylic acids is 4. The molecule has 1 aliphatic heterocycles. The molecule has 212 valence electrons. The van der Waals surface area contributed by atoms with Crippen LogP contribution < -0.4 is 22.1 Å². The molecule has 39 heavy (non-hydrogen) atoms. The molecule has 0 bridgehead atoms. The molecule has 1 aromatic heterocycles. The number of primary amides is 1. The maximum atomic E-state index is 13.5. The van der Waals surface area contributed by atoms with Gasteiger partial charge in [0, 0.05) is 36.5 Å². The number of hydrogen-bond acceptors (Lipinski definition) is 6. The third-order valence-electron chi connectivity index (χ3n) is 6.91. The summed E-state index contributed by atoms with van der Waals surface area (Å²) in [6.07, 6.45) is 2.84. The fraction of sp³-hybridized carbons (Fsp3) is 0.519. The number of carbonyl (C=O) groups is 5. The number of nitrogens with two attached hydrogens (primary N) is 2. The lowest BCUT2D eigenvalue weighted by atomic mass is 10.0. The molecule has 2 aromatic rings. The SMILES string of the molecule is CC(C)CC(N)C(=O)NC(CCC(N)=O)C(=O)N1CCCC1C(=O)NC(Cc1c[nH]c2ccccc12)C(=O)O. The molecule has 0 radical (unpaired) electrons. The van der Waals surface area contributed by atoms with Crippen LogP contribution in [0.5, 0.6) is 0 Å². The second kappa shape index (κ2) is 13.2. The maximum absolute atomic E-state index is 13.5. The van der Waals surface area contributed by atoms with Gasteiger partial charge in [0.25, 0.3) is 0 Å². The number of likely N-dealkylation sites (tertiary alicyclic amines) is 1. The summed E-state index contributed by atoms with van der Waals surface area (Å²) in [5.74, 6) is -3.34. The van der Waals surface area contributed by atoms with Gasteiger partial charge >= 0.3 is 5.97 Å². The zero-order valence-corrected chi connectivity index (χ0v) is 22.3. The second-order valence-electron chi connectivity index (χ2n) is 10.5. The zero-order valence-electron chi connectivity index (χ0n) is 22.3. The van der Waals surface area contributed by atoms with Gasteiger partial charge in [0.2, 0.25) is 23.6 Å². The Kier molecular flexibility index (Phi) is 10.0. The first-order valence-electron chi connectivity index (χ1n) is 13.2. The number of aromatic nitrogens is 1. The first-order chi connectivity index (χ1) is 18.5. The lowest BCUT2D eigenvalue weighted by molar-refractivity contribution is -0.145. The number of rotatable bonds is 13. The Morgan fingerprint density at radius 1 is 1.13 bits per heavy atom. The minimum Gasteiger partial charge on any atom is -0.480 e. The van der Waals surface area contributed by atoms with Crippen molar-refractivity contribution in [3.05, 3.63) is 36.0 Å². The topological polar surface area (TPSA) is 201 Å². The minimum atomic E-state index is -1.21. The van der Waals surface area contributed by atoms with E-state index in [0.717, 1.165) is 16.5 Å². The molecular formula is C27H38N6O6. The predicted molar refractivity (Wildman–Crippen MR) is 144 cm³/mol. The Morgan fingerprint density at radius 3 is 2.51 bits per heavy atom. The standard InChI is InChI=1S/C27H38N6O6/c1-15(2)12-18(28)24(35)31-20(9-10-23(29)34)26(37)33-11-5-8-22(33)25(36)32-21(27(38)39)13-16-14-30-19-7-4-3-6-17(16)19/h3-4,6-7,14-15,18,20-22,30H,5,8-13,28H2,1-2H3,(H2,29,34)(H,31,35)(H,32,36)(H,38,39). The average Bonchev–Trinajstić information content (AvgIpc) is 3.52. The molecule has 1 saturated heterocycles. The van der Waals surface area contributed by atoms with E-state index in [0.29, 0.717) is 19.3 Å². The Hall–Kier alpha value is -3.93. The fourth-order valence-electron chi connectivity index (χ4n) is 4.93. The molecular weight excluding hydrogens is 504 g/mol. The van der Waals surface area contributed by atoms with Crippen LogP contribution in [-0.2, 0) is 30.4 Å². The number of fused-ring (bicyclic) bond motifs is 1. The van der Waals surface area contributed by atoms with Crippen molar-refractivity contribution in [1.82, 2.24) is 20.5 Å². The number of nitrogens with zero attached hydrogens (tertiary/aromatic N) is 1. The molecule has 4 amide bonds. The molecule has 4 unspecified atom stereocenters. The van der Waals surface area contributed by atoms with Crippen molar-refractivity contribution in [1.29, 1.82) is 0 Å². The second-order valence-corrected chi connectivity index (χ2v) is 10.5. The van der Waals surface area contributed by atoms with Crippen LogP contribution in [0.25, 0.3) is 10.9 Å². The summed E-state index contributed by atoms with van der Waals surface area (Å²) < 4.78 is 0. The summed E-state index contributed by atoms with van der Waals surface area (Å²) in [5, 5.41) is 15.9. The zero-order chi connectivity index (χ0) is 28.7. The number of H-pyrrole nitrogens is 1. The van der Waals surface area contributed by atoms with Crippen molar-refractivity contribution < 1.29 is 29.1 Å². The van der Waals surface area contributed by atoms with Gasteiger partial charge in [0.05, 0.1) is 6.04 Å². The van der Waals surface area contributed by atoms with Crippen molar-refractivity contribution in [2.45, 2.75) is 76.5 Å². The Balaban J connectivity index is 1.72. The van der Waals surface area contributed by atoms with Crippen LogP contribution in [0.1, 0.15) is 51.5 Å². The summed E-state index contributed by atoms with van der Waals surface area (Å²) in [7, 11) is 0. The molecule has 1 fully saturated rings. The maximum Gasteiger partial charge on any atom is 0.326 e. The number of nitrogens with one attached hydrogen (secondary N) is 3. The van der Waals surface area contributed by atoms with Gasteiger partial charge in [-0.1, -0.05) is 32.0 Å². The Bertz CT molecular complexity index is 1210. The van der Waals surface area contributed by atoms with Crippen LogP contribution in [0, 0.1) is 5.92 Å². The lowest BCUT2D eigenvalue weighted by Crippen LogP contribution is -2.57. The van der Waals surface area contributed by atoms with E-state index in [9.17, 15) is 29.1 Å². The molecule has 1 aliphatic rings. The molecule has 0 saturated carbocycles. The Labute approximate surface area is 226 Å². The predicted octanol–water partition coefficient (Wildman–Crippen LogP) is 0.395. The molecule has 12 nitrogen and oxygen atoms in total. The molecule has 0 aliphatic carbocycles. The summed E-state index contributed by atoms with van der Waals surface area (Å²) >= 11 is 0. The highest BCUT2D eigenvalue weighted by atomic mass is 16.4. The van der Waals surface area contributed by atoms with Crippen LogP contribution in [-0.4, -0.2) is 75.3 Å². The number of aromatic amines is 1. The Morgan fingerprint density at radius 2 is 1.85 bits per heavy atom. The van der Waals surface area contributed by atoms with Gasteiger partial charge in [0.15, 0.2) is 0 Å². The monoisotopic (exact) mass is 542 g/mol. The van der Waals surface area contributed by atoms with E-state index < -0.39 is 53.8 Å². The number of amides is 4. The molecule has 0 spiro atoms. The molecule has 8 N–H and O–H groups in total. The summed E-state index contributed by atoms with van der Waals surface area (Å²) in [6, 6.07) is 3.38. The van der Waals surface area contributed by atoms with Crippen molar-refractivity contribution in [3.8, 4) is 0 Å². The first-order valence-corrected chi connectivity index (χ1v) is 13.2. The van der Waals surface area contributed by atoms with E-state index in [1.54, 1.807) is 6.20 Å². The van der Waals surface area contributed by atoms with Gasteiger partial charge in [-0.2, -0.15) is 0 Å². The number of carboxylic acid groups (broad SMARTS) is 1. The lowest BCUT2D eigenvalue weighted by Gasteiger charge is -2.30. The summed E-state index contributed by atoms with van der Waals surface area (Å²) in [6.45, 7) is 4.08. The van der Waals surface area contributed by atoms with Crippen molar-refractivity contribution in [3.63, 3.8) is 0 Å². The van der Waals surface area contributed by atoms with E-state index in [1.165, 1.54) is 4.90 Å². The largest absolute Gasteiger partial charge is 0.480 e. The third-order valence-corrected chi connectivity index (χ3v) is 6.91. The van der Waals surface area contributed by atoms with Gasteiger partial charge in [-0.3, -0.25) is 19.2 Å². The molecule has 2 heterocycles. The fourth-order valence-corrected chi connectivity index (χ4v) is 4.93. The highest BCUT2D eigenvalue weighted by Gasteiger charge is 2.39. The minimum absolute atomic E-state index is 0.0442. The highest BCUT2D eigenvalue weighted by Crippen LogP contribution is 2.22. The van der Waals surface area contributed by atoms with Gasteiger partial charge < -0.3 is 37.1 Å². The van der Waals surface area contributed by atoms with E-state index in [-0.39, 0.29) is 31.7 Å². The summed E-state index contributed by atoms with van der Waals surface area (Å²) in [5.41, 5.74) is 12.8. The number of hydrogen-bond donors (Lipinski definition) is 6. The van der Waals surface area contributed by atoms with E-state index in [4.69, 9.17) is 11.5 Å². The van der Waals surface area contributed by atoms with Gasteiger partial charge in [0.1, 0.15) is 18.1 Å². The number of para-hydroxylation sites is 1. The van der Waals surface area contributed by atoms with Crippen molar-refractivity contribution >= 4 is 40.5 Å². The van der Waals surface area contributed by atoms with Crippen molar-refractivity contribution in [2.24, 2.45) is 17.4 Å². The van der Waals surface area contributed by atoms with Crippen LogP contribution in [0.2, 0.25) is 0 Å². The van der Waals surface area contributed by atoms with E-state index in [2.05, 4.69) is 15.6 Å². The van der Waals surface area contributed by atoms with Crippen LogP contribution in [0.3, 0.4) is 0 Å². The number of benzene rings is 1. The van der Waals surface area contributed by atoms with Crippen LogP contribution in [0.15, 0.2) is 30.5 Å². The van der Waals surface area contributed by atoms with Crippen LogP contribution in [0.4, 0.5) is 0 Å². The van der Waals surface area contributed by atoms with Crippen molar-refractivity contribution in [2.75, 3.05) is 6.54 Å². The third kappa shape index (κ3) is 7.79. The molecule has 12 heteroatoms. The summed E-state index contributed by atoms with van der Waals surface area (Å²) in [4.78, 5) is 67.3. The van der Waals surface area contributed by atoms with E-state index in [1.807, 2.05) is 38.1 Å². The number of carboxylic acids is 1.